The van der Waals surface area contributed by atoms with Crippen LogP contribution in [0.15, 0.2) is 89.3 Å². The number of ether oxygens (including phenoxy) is 1. The van der Waals surface area contributed by atoms with E-state index >= 15 is 0 Å². The van der Waals surface area contributed by atoms with Crippen LogP contribution >= 0.6 is 34.7 Å². The first-order valence-electron chi connectivity index (χ1n) is 12.6. The highest BCUT2D eigenvalue weighted by molar-refractivity contribution is 8.00. The third-order valence-corrected chi connectivity index (χ3v) is 9.48. The maximum absolute atomic E-state index is 13.9. The van der Waals surface area contributed by atoms with E-state index in [1.54, 1.807) is 43.0 Å². The van der Waals surface area contributed by atoms with E-state index in [0.29, 0.717) is 26.4 Å². The SMILES string of the molecule is CCOC(=O)c1c2c(C(=O)c3ccc(Cl)cc3)sc(SCc3cccc4ccccc34)c2n2ccc(C)cc12. The molecule has 6 aromatic rings. The highest BCUT2D eigenvalue weighted by Crippen LogP contribution is 2.45. The number of benzene rings is 3. The fraction of sp³-hybridized carbons (Fsp3) is 0.125. The number of hydrogen-bond acceptors (Lipinski definition) is 5. The molecule has 0 amide bonds. The number of aryl methyl sites for hydroxylation is 1. The Morgan fingerprint density at radius 3 is 2.56 bits per heavy atom. The summed E-state index contributed by atoms with van der Waals surface area (Å²) in [5.41, 5.74) is 4.79. The molecule has 0 atom stereocenters. The first-order valence-corrected chi connectivity index (χ1v) is 14.8. The zero-order valence-electron chi connectivity index (χ0n) is 21.4. The van der Waals surface area contributed by atoms with Crippen molar-refractivity contribution in [2.24, 2.45) is 0 Å². The molecule has 0 spiro atoms. The number of thioether (sulfide) groups is 1. The van der Waals surface area contributed by atoms with E-state index in [1.807, 2.05) is 35.7 Å². The molecule has 3 aromatic carbocycles. The average molecular weight is 570 g/mol. The molecule has 0 aliphatic heterocycles. The number of ketones is 1. The molecule has 0 radical (unpaired) electrons. The summed E-state index contributed by atoms with van der Waals surface area (Å²) in [6.07, 6.45) is 1.97. The molecule has 0 N–H and O–H groups in total. The number of pyridine rings is 1. The van der Waals surface area contributed by atoms with Gasteiger partial charge in [-0.1, -0.05) is 54.1 Å². The summed E-state index contributed by atoms with van der Waals surface area (Å²) in [5.74, 6) is 0.153. The van der Waals surface area contributed by atoms with Crippen LogP contribution in [0.5, 0.6) is 0 Å². The minimum atomic E-state index is -0.427. The van der Waals surface area contributed by atoms with Crippen LogP contribution in [0.25, 0.3) is 27.2 Å². The maximum Gasteiger partial charge on any atom is 0.341 e. The van der Waals surface area contributed by atoms with Crippen molar-refractivity contribution in [3.8, 4) is 0 Å². The lowest BCUT2D eigenvalue weighted by molar-refractivity contribution is 0.0531. The molecule has 4 nitrogen and oxygen atoms in total. The van der Waals surface area contributed by atoms with Gasteiger partial charge in [0.05, 0.1) is 32.3 Å². The number of esters is 1. The van der Waals surface area contributed by atoms with E-state index in [4.69, 9.17) is 16.3 Å². The Morgan fingerprint density at radius 1 is 1.00 bits per heavy atom. The standard InChI is InChI=1S/C32H24ClNO3S2/c1-3-37-31(36)26-25-17-19(2)15-16-34(25)28-27(26)30(29(35)21-11-13-23(33)14-12-21)39-32(28)38-18-22-9-6-8-20-7-4-5-10-24(20)22/h4-17H,3,18H2,1-2H3. The van der Waals surface area contributed by atoms with Crippen LogP contribution in [0.2, 0.25) is 5.02 Å². The number of rotatable bonds is 7. The third kappa shape index (κ3) is 4.63. The minimum absolute atomic E-state index is 0.142. The number of carbonyl (C=O) groups is 2. The molecular formula is C32H24ClNO3S2. The predicted octanol–water partition coefficient (Wildman–Crippen LogP) is 8.97. The number of carbonyl (C=O) groups excluding carboxylic acids is 2. The van der Waals surface area contributed by atoms with Crippen LogP contribution in [0, 0.1) is 6.92 Å². The second-order valence-corrected chi connectivity index (χ2v) is 12.0. The zero-order chi connectivity index (χ0) is 27.1. The summed E-state index contributed by atoms with van der Waals surface area (Å²) < 4.78 is 8.50. The van der Waals surface area contributed by atoms with Gasteiger partial charge in [-0.05, 0) is 72.1 Å². The molecule has 39 heavy (non-hydrogen) atoms. The minimum Gasteiger partial charge on any atom is -0.462 e. The molecule has 3 heterocycles. The van der Waals surface area contributed by atoms with Gasteiger partial charge in [-0.3, -0.25) is 4.79 Å². The van der Waals surface area contributed by atoms with Crippen LogP contribution in [0.4, 0.5) is 0 Å². The summed E-state index contributed by atoms with van der Waals surface area (Å²) >= 11 is 9.21. The molecule has 0 saturated carbocycles. The van der Waals surface area contributed by atoms with Crippen LogP contribution < -0.4 is 0 Å². The lowest BCUT2D eigenvalue weighted by atomic mass is 10.1. The van der Waals surface area contributed by atoms with Crippen molar-refractivity contribution in [2.45, 2.75) is 23.8 Å². The molecule has 0 saturated heterocycles. The predicted molar refractivity (Wildman–Crippen MR) is 162 cm³/mol. The Morgan fingerprint density at radius 2 is 1.77 bits per heavy atom. The summed E-state index contributed by atoms with van der Waals surface area (Å²) in [5, 5.41) is 3.61. The summed E-state index contributed by atoms with van der Waals surface area (Å²) in [6, 6.07) is 25.5. The Bertz CT molecular complexity index is 1880. The monoisotopic (exact) mass is 569 g/mol. The van der Waals surface area contributed by atoms with E-state index in [-0.39, 0.29) is 12.4 Å². The fourth-order valence-corrected chi connectivity index (χ4v) is 7.59. The van der Waals surface area contributed by atoms with Crippen molar-refractivity contribution < 1.29 is 14.3 Å². The zero-order valence-corrected chi connectivity index (χ0v) is 23.8. The smallest absolute Gasteiger partial charge is 0.341 e. The average Bonchev–Trinajstić information content (AvgIpc) is 3.47. The lowest BCUT2D eigenvalue weighted by Crippen LogP contribution is -2.06. The Labute approximate surface area is 239 Å². The Hall–Kier alpha value is -3.58. The van der Waals surface area contributed by atoms with Gasteiger partial charge < -0.3 is 9.14 Å². The van der Waals surface area contributed by atoms with Gasteiger partial charge in [-0.15, -0.1) is 23.1 Å². The maximum atomic E-state index is 13.9. The second kappa shape index (κ2) is 10.5. The van der Waals surface area contributed by atoms with Crippen molar-refractivity contribution in [3.05, 3.63) is 117 Å². The molecule has 7 heteroatoms. The summed E-state index contributed by atoms with van der Waals surface area (Å²) in [4.78, 5) is 27.8. The molecule has 3 aromatic heterocycles. The number of aromatic nitrogens is 1. The molecule has 194 valence electrons. The molecule has 6 rings (SSSR count). The lowest BCUT2D eigenvalue weighted by Gasteiger charge is -2.07. The quantitative estimate of drug-likeness (QED) is 0.109. The molecular weight excluding hydrogens is 546 g/mol. The van der Waals surface area contributed by atoms with E-state index < -0.39 is 5.97 Å². The molecule has 0 aliphatic rings. The van der Waals surface area contributed by atoms with Crippen LogP contribution in [-0.4, -0.2) is 22.8 Å². The highest BCUT2D eigenvalue weighted by Gasteiger charge is 2.29. The van der Waals surface area contributed by atoms with Crippen LogP contribution in [-0.2, 0) is 10.5 Å². The van der Waals surface area contributed by atoms with Crippen LogP contribution in [0.3, 0.4) is 0 Å². The number of hydrogen-bond donors (Lipinski definition) is 0. The Balaban J connectivity index is 1.56. The van der Waals surface area contributed by atoms with Gasteiger partial charge in [0.25, 0.3) is 0 Å². The van der Waals surface area contributed by atoms with E-state index in [0.717, 1.165) is 26.6 Å². The number of fused-ring (bicyclic) bond motifs is 4. The summed E-state index contributed by atoms with van der Waals surface area (Å²) in [7, 11) is 0. The first kappa shape index (κ1) is 25.7. The van der Waals surface area contributed by atoms with Crippen molar-refractivity contribution in [2.75, 3.05) is 6.61 Å². The van der Waals surface area contributed by atoms with Crippen molar-refractivity contribution in [1.29, 1.82) is 0 Å². The fourth-order valence-electron chi connectivity index (χ4n) is 4.94. The van der Waals surface area contributed by atoms with Gasteiger partial charge in [-0.25, -0.2) is 4.79 Å². The number of halogens is 1. The van der Waals surface area contributed by atoms with Crippen molar-refractivity contribution in [3.63, 3.8) is 0 Å². The molecule has 0 fully saturated rings. The topological polar surface area (TPSA) is 47.8 Å². The van der Waals surface area contributed by atoms with E-state index in [1.165, 1.54) is 27.7 Å². The molecule has 0 unspecified atom stereocenters. The van der Waals surface area contributed by atoms with Gasteiger partial charge in [0.15, 0.2) is 0 Å². The second-order valence-electron chi connectivity index (χ2n) is 9.26. The molecule has 0 aliphatic carbocycles. The van der Waals surface area contributed by atoms with Crippen LogP contribution in [0.1, 0.15) is 43.6 Å². The largest absolute Gasteiger partial charge is 0.462 e. The van der Waals surface area contributed by atoms with Gasteiger partial charge in [0, 0.05) is 27.9 Å². The van der Waals surface area contributed by atoms with Gasteiger partial charge >= 0.3 is 5.97 Å². The molecule has 0 bridgehead atoms. The van der Waals surface area contributed by atoms with E-state index in [9.17, 15) is 9.59 Å². The van der Waals surface area contributed by atoms with Crippen molar-refractivity contribution in [1.82, 2.24) is 4.40 Å². The van der Waals surface area contributed by atoms with Gasteiger partial charge in [-0.2, -0.15) is 0 Å². The normalized spacial score (nSPS) is 11.5. The van der Waals surface area contributed by atoms with E-state index in [2.05, 4.69) is 36.4 Å². The van der Waals surface area contributed by atoms with Crippen molar-refractivity contribution >= 4 is 73.6 Å². The number of thiophene rings is 1. The Kier molecular flexibility index (Phi) is 6.94. The third-order valence-electron chi connectivity index (χ3n) is 6.74. The first-order chi connectivity index (χ1) is 19.0. The van der Waals surface area contributed by atoms with Gasteiger partial charge in [0.2, 0.25) is 5.78 Å². The summed E-state index contributed by atoms with van der Waals surface area (Å²) in [6.45, 7) is 4.03. The van der Waals surface area contributed by atoms with Gasteiger partial charge in [0.1, 0.15) is 0 Å². The number of nitrogens with zero attached hydrogens (tertiary/aromatic N) is 1. The highest BCUT2D eigenvalue weighted by atomic mass is 35.5.